The molecule has 0 aliphatic rings. The van der Waals surface area contributed by atoms with Gasteiger partial charge in [-0.15, -0.1) is 0 Å². The van der Waals surface area contributed by atoms with Crippen molar-refractivity contribution in [1.82, 2.24) is 0 Å². The van der Waals surface area contributed by atoms with Crippen LogP contribution in [0, 0.1) is 3.57 Å². The monoisotopic (exact) mass is 1140 g/mol. The third-order valence-electron chi connectivity index (χ3n) is 12.6. The molecule has 2 N–H and O–H groups in total. The lowest BCUT2D eigenvalue weighted by molar-refractivity contribution is 0.425. The average Bonchev–Trinajstić information content (AvgIpc) is 3.40. The number of hydrogen-bond donors (Lipinski definition) is 2. The van der Waals surface area contributed by atoms with Gasteiger partial charge in [-0.25, -0.2) is 0 Å². The highest BCUT2D eigenvalue weighted by molar-refractivity contribution is 14.1. The van der Waals surface area contributed by atoms with E-state index in [1.807, 2.05) is 6.07 Å². The zero-order valence-electron chi connectivity index (χ0n) is 37.9. The first-order valence-electron chi connectivity index (χ1n) is 23.0. The normalized spacial score (nSPS) is 10.9. The summed E-state index contributed by atoms with van der Waals surface area (Å²) in [6.07, 6.45) is 0. The summed E-state index contributed by atoms with van der Waals surface area (Å²) in [5.74, 6) is 0. The van der Waals surface area contributed by atoms with Crippen molar-refractivity contribution in [2.45, 2.75) is 0 Å². The van der Waals surface area contributed by atoms with Gasteiger partial charge in [0.2, 0.25) is 0 Å². The Kier molecular flexibility index (Phi) is 14.5. The minimum atomic E-state index is -1.38. The molecule has 0 unspecified atom stereocenters. The van der Waals surface area contributed by atoms with E-state index in [1.165, 1.54) is 102 Å². The standard InChI is InChI=1S/C32H21Br.C26H17I.C6H6BBrO2/c33-26-15-9-14-24(20-26)25-18-19-29-30(21-25)32(23-12-5-2-6-13-23)28-17-8-7-16-27(28)31(29)22-10-3-1-4-11-22;27-20-15-16-23-24(17-20)26(19-11-5-2-6-12-19)22-14-8-7-13-21(22)25(23)18-9-3-1-4-10-18;8-6-3-1-2-5(4-6)7(9)10/h1-21H;1-17H;1-4,9-10H. The van der Waals surface area contributed by atoms with Crippen LogP contribution in [-0.2, 0) is 0 Å². The van der Waals surface area contributed by atoms with Crippen molar-refractivity contribution in [3.8, 4) is 55.6 Å². The summed E-state index contributed by atoms with van der Waals surface area (Å²) in [5.41, 5.74) is 13.2. The minimum Gasteiger partial charge on any atom is -0.423 e. The predicted octanol–water partition coefficient (Wildman–Crippen LogP) is 17.8. The summed E-state index contributed by atoms with van der Waals surface area (Å²) in [7, 11) is -1.38. The predicted molar refractivity (Wildman–Crippen MR) is 314 cm³/mol. The summed E-state index contributed by atoms with van der Waals surface area (Å²) in [5, 5.41) is 27.7. The van der Waals surface area contributed by atoms with Crippen LogP contribution in [0.4, 0.5) is 0 Å². The van der Waals surface area contributed by atoms with Gasteiger partial charge < -0.3 is 10.0 Å². The topological polar surface area (TPSA) is 40.5 Å². The van der Waals surface area contributed by atoms with E-state index < -0.39 is 7.12 Å². The molecule has 0 aliphatic heterocycles. The summed E-state index contributed by atoms with van der Waals surface area (Å²) in [6.45, 7) is 0. The summed E-state index contributed by atoms with van der Waals surface area (Å²) < 4.78 is 3.19. The van der Waals surface area contributed by atoms with Gasteiger partial charge in [0.1, 0.15) is 0 Å². The molecule has 0 fully saturated rings. The van der Waals surface area contributed by atoms with Crippen molar-refractivity contribution >= 4 is 110 Å². The lowest BCUT2D eigenvalue weighted by atomic mass is 9.81. The second-order valence-corrected chi connectivity index (χ2v) is 20.0. The maximum atomic E-state index is 8.68. The van der Waals surface area contributed by atoms with Crippen molar-refractivity contribution in [2.75, 3.05) is 0 Å². The Balaban J connectivity index is 0.000000138. The fourth-order valence-electron chi connectivity index (χ4n) is 9.51. The van der Waals surface area contributed by atoms with E-state index in [-0.39, 0.29) is 0 Å². The molecule has 12 aromatic carbocycles. The number of benzene rings is 12. The van der Waals surface area contributed by atoms with Gasteiger partial charge in [0.25, 0.3) is 0 Å². The summed E-state index contributed by atoms with van der Waals surface area (Å²) in [4.78, 5) is 0. The van der Waals surface area contributed by atoms with Crippen LogP contribution in [0.5, 0.6) is 0 Å². The third-order valence-corrected chi connectivity index (χ3v) is 14.2. The van der Waals surface area contributed by atoms with Crippen LogP contribution in [0.2, 0.25) is 0 Å². The summed E-state index contributed by atoms with van der Waals surface area (Å²) in [6, 6.07) is 89.7. The van der Waals surface area contributed by atoms with Crippen LogP contribution < -0.4 is 5.46 Å². The molecule has 12 rings (SSSR count). The number of halogens is 3. The van der Waals surface area contributed by atoms with Crippen LogP contribution in [0.25, 0.3) is 98.7 Å². The van der Waals surface area contributed by atoms with Gasteiger partial charge in [0, 0.05) is 12.5 Å². The smallest absolute Gasteiger partial charge is 0.423 e. The Bertz CT molecular complexity index is 3780. The average molecular weight is 1140 g/mol. The van der Waals surface area contributed by atoms with E-state index in [1.54, 1.807) is 18.2 Å². The van der Waals surface area contributed by atoms with Gasteiger partial charge in [-0.1, -0.05) is 244 Å². The molecule has 70 heavy (non-hydrogen) atoms. The maximum absolute atomic E-state index is 8.68. The molecule has 0 radical (unpaired) electrons. The summed E-state index contributed by atoms with van der Waals surface area (Å²) >= 11 is 9.26. The minimum absolute atomic E-state index is 0.495. The number of hydrogen-bond acceptors (Lipinski definition) is 2. The first kappa shape index (κ1) is 47.1. The van der Waals surface area contributed by atoms with Crippen molar-refractivity contribution in [1.29, 1.82) is 0 Å². The molecule has 12 aromatic rings. The molecular weight excluding hydrogens is 1100 g/mol. The van der Waals surface area contributed by atoms with Crippen molar-refractivity contribution in [2.24, 2.45) is 0 Å². The highest BCUT2D eigenvalue weighted by Gasteiger charge is 2.19. The zero-order chi connectivity index (χ0) is 48.0. The van der Waals surface area contributed by atoms with Gasteiger partial charge in [-0.3, -0.25) is 0 Å². The van der Waals surface area contributed by atoms with Gasteiger partial charge >= 0.3 is 7.12 Å². The second kappa shape index (κ2) is 21.6. The first-order chi connectivity index (χ1) is 34.3. The quantitative estimate of drug-likeness (QED) is 0.0990. The van der Waals surface area contributed by atoms with Gasteiger partial charge in [-0.2, -0.15) is 0 Å². The molecule has 0 amide bonds. The molecular formula is C64H44BBr2IO2. The number of rotatable bonds is 6. The SMILES string of the molecule is Brc1cccc(-c2ccc3c(-c4ccccc4)c4ccccc4c(-c4ccccc4)c3c2)c1.Ic1ccc2c(-c3ccccc3)c3ccccc3c(-c3ccccc3)c2c1.OB(O)c1cccc(Br)c1. The Morgan fingerprint density at radius 3 is 1.00 bits per heavy atom. The lowest BCUT2D eigenvalue weighted by Crippen LogP contribution is -2.29. The van der Waals surface area contributed by atoms with Gasteiger partial charge in [-0.05, 0) is 169 Å². The second-order valence-electron chi connectivity index (χ2n) is 16.9. The fraction of sp³-hybridized carbons (Fsp3) is 0. The van der Waals surface area contributed by atoms with Crippen LogP contribution in [-0.4, -0.2) is 17.2 Å². The fourth-order valence-corrected chi connectivity index (χ4v) is 10.8. The maximum Gasteiger partial charge on any atom is 0.488 e. The van der Waals surface area contributed by atoms with Crippen LogP contribution in [0.3, 0.4) is 0 Å². The van der Waals surface area contributed by atoms with Crippen molar-refractivity contribution < 1.29 is 10.0 Å². The Labute approximate surface area is 439 Å². The molecule has 0 saturated carbocycles. The first-order valence-corrected chi connectivity index (χ1v) is 25.7. The highest BCUT2D eigenvalue weighted by Crippen LogP contribution is 2.46. The van der Waals surface area contributed by atoms with Crippen LogP contribution >= 0.6 is 54.5 Å². The third kappa shape index (κ3) is 10.0. The van der Waals surface area contributed by atoms with E-state index in [4.69, 9.17) is 10.0 Å². The van der Waals surface area contributed by atoms with Gasteiger partial charge in [0.05, 0.1) is 0 Å². The number of fused-ring (bicyclic) bond motifs is 4. The van der Waals surface area contributed by atoms with E-state index in [9.17, 15) is 0 Å². The van der Waals surface area contributed by atoms with E-state index in [2.05, 4.69) is 285 Å². The zero-order valence-corrected chi connectivity index (χ0v) is 43.2. The molecule has 0 aromatic heterocycles. The highest BCUT2D eigenvalue weighted by atomic mass is 127. The van der Waals surface area contributed by atoms with Crippen molar-refractivity contribution in [3.63, 3.8) is 0 Å². The van der Waals surface area contributed by atoms with Crippen molar-refractivity contribution in [3.05, 3.63) is 267 Å². The molecule has 0 saturated heterocycles. The molecule has 6 heteroatoms. The Hall–Kier alpha value is -6.65. The molecule has 0 bridgehead atoms. The van der Waals surface area contributed by atoms with Crippen LogP contribution in [0.15, 0.2) is 264 Å². The molecule has 336 valence electrons. The Morgan fingerprint density at radius 1 is 0.271 bits per heavy atom. The van der Waals surface area contributed by atoms with Gasteiger partial charge in [0.15, 0.2) is 0 Å². The molecule has 2 nitrogen and oxygen atoms in total. The largest absolute Gasteiger partial charge is 0.488 e. The van der Waals surface area contributed by atoms with E-state index in [0.717, 1.165) is 8.95 Å². The molecule has 0 spiro atoms. The molecule has 0 heterocycles. The van der Waals surface area contributed by atoms with E-state index >= 15 is 0 Å². The van der Waals surface area contributed by atoms with E-state index in [0.29, 0.717) is 5.46 Å². The molecule has 0 atom stereocenters. The van der Waals surface area contributed by atoms with Crippen LogP contribution in [0.1, 0.15) is 0 Å². The lowest BCUT2D eigenvalue weighted by Gasteiger charge is -2.18. The molecule has 0 aliphatic carbocycles. The Morgan fingerprint density at radius 2 is 0.600 bits per heavy atom.